The van der Waals surface area contributed by atoms with Crippen LogP contribution in [0, 0.1) is 11.8 Å². The Hall–Kier alpha value is -3.09. The third-order valence-electron chi connectivity index (χ3n) is 7.00. The molecule has 11 atom stereocenters. The Kier molecular flexibility index (Phi) is 9.82. The standard InChI is InChI=1S/C20H28N6O15P2/c1-8-9(2)14(23-10(3)27)18(37-11(8)6-22-25-21)40-43(33,34)41-42(31,32)35-7-12-15-16(39-20(30)38-15)17(36-12)26-5-4-13(28)24-19(26)29/h4-5,8-9,11-12,14-18H,6-7H2,1-3H3,(H,23,27)(H,31,32)(H,33,34)(H,24,28,29)/t8?,9?,11?,12-,14?,15?,16+,17-,18?/m1/s1. The Morgan fingerprint density at radius 1 is 1.14 bits per heavy atom. The minimum absolute atomic E-state index is 0.184. The van der Waals surface area contributed by atoms with Crippen molar-refractivity contribution in [2.24, 2.45) is 17.0 Å². The van der Waals surface area contributed by atoms with Gasteiger partial charge in [-0.1, -0.05) is 19.0 Å². The Morgan fingerprint density at radius 2 is 1.84 bits per heavy atom. The van der Waals surface area contributed by atoms with Crippen LogP contribution in [-0.2, 0) is 46.2 Å². The van der Waals surface area contributed by atoms with Gasteiger partial charge in [0.1, 0.15) is 6.10 Å². The lowest BCUT2D eigenvalue weighted by molar-refractivity contribution is -0.202. The molecule has 4 N–H and O–H groups in total. The van der Waals surface area contributed by atoms with Crippen LogP contribution in [0.15, 0.2) is 27.0 Å². The van der Waals surface area contributed by atoms with Crippen molar-refractivity contribution in [1.29, 1.82) is 0 Å². The topological polar surface area (TPSA) is 289 Å². The number of azide groups is 1. The maximum absolute atomic E-state index is 12.8. The molecule has 238 valence electrons. The summed E-state index contributed by atoms with van der Waals surface area (Å²) in [7, 11) is -10.9. The van der Waals surface area contributed by atoms with Crippen LogP contribution in [0.4, 0.5) is 4.79 Å². The number of ether oxygens (including phenoxy) is 4. The molecule has 23 heteroatoms. The number of H-pyrrole nitrogens is 1. The van der Waals surface area contributed by atoms with Gasteiger partial charge in [-0.3, -0.25) is 28.2 Å². The van der Waals surface area contributed by atoms with Gasteiger partial charge in [0.05, 0.1) is 25.3 Å². The number of carbonyl (C=O) groups is 2. The molecular formula is C20H28N6O15P2. The maximum atomic E-state index is 12.8. The van der Waals surface area contributed by atoms with Crippen molar-refractivity contribution in [3.8, 4) is 0 Å². The quantitative estimate of drug-likeness (QED) is 0.0825. The molecule has 3 saturated heterocycles. The van der Waals surface area contributed by atoms with Crippen molar-refractivity contribution in [1.82, 2.24) is 14.9 Å². The van der Waals surface area contributed by atoms with E-state index in [0.29, 0.717) is 0 Å². The number of nitrogens with zero attached hydrogens (tertiary/aromatic N) is 4. The molecule has 0 bridgehead atoms. The average molecular weight is 654 g/mol. The van der Waals surface area contributed by atoms with E-state index in [0.717, 1.165) is 16.8 Å². The Morgan fingerprint density at radius 3 is 2.49 bits per heavy atom. The molecule has 0 spiro atoms. The molecular weight excluding hydrogens is 626 g/mol. The second-order valence-electron chi connectivity index (χ2n) is 9.82. The molecule has 0 radical (unpaired) electrons. The number of carbonyl (C=O) groups excluding carboxylic acids is 2. The van der Waals surface area contributed by atoms with Crippen molar-refractivity contribution in [2.45, 2.75) is 63.7 Å². The van der Waals surface area contributed by atoms with Crippen LogP contribution in [0.1, 0.15) is 27.0 Å². The predicted octanol–water partition coefficient (Wildman–Crippen LogP) is 0.401. The molecule has 4 heterocycles. The lowest BCUT2D eigenvalue weighted by atomic mass is 9.82. The Balaban J connectivity index is 1.44. The van der Waals surface area contributed by atoms with Gasteiger partial charge in [0.2, 0.25) is 5.91 Å². The lowest BCUT2D eigenvalue weighted by Crippen LogP contribution is -2.57. The van der Waals surface area contributed by atoms with E-state index in [9.17, 15) is 38.1 Å². The van der Waals surface area contributed by atoms with E-state index in [4.69, 9.17) is 33.5 Å². The molecule has 1 aromatic heterocycles. The monoisotopic (exact) mass is 654 g/mol. The maximum Gasteiger partial charge on any atom is 0.509 e. The molecule has 21 nitrogen and oxygen atoms in total. The van der Waals surface area contributed by atoms with Gasteiger partial charge < -0.3 is 34.1 Å². The number of aromatic nitrogens is 2. The third kappa shape index (κ3) is 7.71. The molecule has 8 unspecified atom stereocenters. The molecule has 0 aliphatic carbocycles. The molecule has 1 aromatic rings. The van der Waals surface area contributed by atoms with Crippen LogP contribution >= 0.6 is 15.6 Å². The summed E-state index contributed by atoms with van der Waals surface area (Å²) < 4.78 is 61.9. The fourth-order valence-corrected chi connectivity index (χ4v) is 6.99. The number of fused-ring (bicyclic) bond motifs is 1. The first-order chi connectivity index (χ1) is 20.1. The van der Waals surface area contributed by atoms with Gasteiger partial charge in [-0.05, 0) is 17.4 Å². The number of aromatic amines is 1. The van der Waals surface area contributed by atoms with Gasteiger partial charge in [0.15, 0.2) is 24.7 Å². The van der Waals surface area contributed by atoms with E-state index >= 15 is 0 Å². The van der Waals surface area contributed by atoms with Crippen LogP contribution in [0.3, 0.4) is 0 Å². The molecule has 0 saturated carbocycles. The zero-order chi connectivity index (χ0) is 31.7. The van der Waals surface area contributed by atoms with Crippen molar-refractivity contribution in [3.63, 3.8) is 0 Å². The third-order valence-corrected chi connectivity index (χ3v) is 9.60. The number of hydrogen-bond donors (Lipinski definition) is 4. The van der Waals surface area contributed by atoms with Gasteiger partial charge in [0.25, 0.3) is 5.56 Å². The first kappa shape index (κ1) is 32.8. The first-order valence-corrected chi connectivity index (χ1v) is 15.6. The number of nitrogens with one attached hydrogen (secondary N) is 2. The Bertz CT molecular complexity index is 1500. The van der Waals surface area contributed by atoms with Gasteiger partial charge in [0, 0.05) is 24.1 Å². The summed E-state index contributed by atoms with van der Waals surface area (Å²) in [6, 6.07) is -0.0187. The second-order valence-corrected chi connectivity index (χ2v) is 12.8. The van der Waals surface area contributed by atoms with E-state index in [-0.39, 0.29) is 12.5 Å². The summed E-state index contributed by atoms with van der Waals surface area (Å²) in [4.78, 5) is 72.3. The van der Waals surface area contributed by atoms with Crippen LogP contribution in [-0.4, -0.2) is 81.3 Å². The highest BCUT2D eigenvalue weighted by atomic mass is 31.3. The van der Waals surface area contributed by atoms with Gasteiger partial charge in [-0.25, -0.2) is 18.7 Å². The van der Waals surface area contributed by atoms with Crippen LogP contribution in [0.25, 0.3) is 10.4 Å². The van der Waals surface area contributed by atoms with E-state index in [2.05, 4.69) is 19.7 Å². The molecule has 3 fully saturated rings. The summed E-state index contributed by atoms with van der Waals surface area (Å²) in [5, 5.41) is 5.97. The van der Waals surface area contributed by atoms with Crippen molar-refractivity contribution in [3.05, 3.63) is 43.5 Å². The summed E-state index contributed by atoms with van der Waals surface area (Å²) in [5.74, 6) is -1.31. The SMILES string of the molecule is CC(=O)NC1C(OP(=O)(O)OP(=O)(O)OC[C@H]2O[C@@H](n3ccc(=O)[nH]c3=O)[C@H]3OC(=O)OC23)OC(CN=[N+]=[N-])C(C)C1C. The smallest absolute Gasteiger partial charge is 0.424 e. The Labute approximate surface area is 241 Å². The molecule has 0 aromatic carbocycles. The zero-order valence-corrected chi connectivity index (χ0v) is 24.4. The van der Waals surface area contributed by atoms with Crippen LogP contribution < -0.4 is 16.6 Å². The number of rotatable bonds is 11. The molecule has 4 rings (SSSR count). The zero-order valence-electron chi connectivity index (χ0n) is 22.7. The molecule has 3 aliphatic rings. The van der Waals surface area contributed by atoms with Crippen molar-refractivity contribution < 1.29 is 60.8 Å². The highest BCUT2D eigenvalue weighted by Gasteiger charge is 2.56. The van der Waals surface area contributed by atoms with Gasteiger partial charge in [-0.15, -0.1) is 0 Å². The van der Waals surface area contributed by atoms with Crippen LogP contribution in [0.2, 0.25) is 0 Å². The fraction of sp³-hybridized carbons (Fsp3) is 0.700. The van der Waals surface area contributed by atoms with Gasteiger partial charge >= 0.3 is 27.5 Å². The van der Waals surface area contributed by atoms with E-state index < -0.39 is 94.5 Å². The number of phosphoric acid groups is 2. The normalized spacial score (nSPS) is 34.5. The van der Waals surface area contributed by atoms with E-state index in [1.54, 1.807) is 13.8 Å². The van der Waals surface area contributed by atoms with Crippen molar-refractivity contribution >= 4 is 27.7 Å². The molecule has 43 heavy (non-hydrogen) atoms. The van der Waals surface area contributed by atoms with Gasteiger partial charge in [-0.2, -0.15) is 4.31 Å². The average Bonchev–Trinajstić information content (AvgIpc) is 3.43. The summed E-state index contributed by atoms with van der Waals surface area (Å²) >= 11 is 0. The first-order valence-electron chi connectivity index (χ1n) is 12.6. The minimum atomic E-state index is -5.47. The number of amides is 1. The summed E-state index contributed by atoms with van der Waals surface area (Å²) in [6.07, 6.45) is -7.73. The minimum Gasteiger partial charge on any atom is -0.424 e. The molecule has 1 amide bonds. The summed E-state index contributed by atoms with van der Waals surface area (Å²) in [6.45, 7) is 3.54. The predicted molar refractivity (Wildman–Crippen MR) is 137 cm³/mol. The lowest BCUT2D eigenvalue weighted by Gasteiger charge is -2.44. The fourth-order valence-electron chi connectivity index (χ4n) is 4.83. The highest BCUT2D eigenvalue weighted by molar-refractivity contribution is 7.61. The van der Waals surface area contributed by atoms with Crippen molar-refractivity contribution in [2.75, 3.05) is 13.2 Å². The largest absolute Gasteiger partial charge is 0.509 e. The van der Waals surface area contributed by atoms with E-state index in [1.807, 2.05) is 4.98 Å². The molecule has 3 aliphatic heterocycles. The van der Waals surface area contributed by atoms with Crippen LogP contribution in [0.5, 0.6) is 0 Å². The summed E-state index contributed by atoms with van der Waals surface area (Å²) in [5.41, 5.74) is 7.04. The second kappa shape index (κ2) is 12.9. The highest BCUT2D eigenvalue weighted by Crippen LogP contribution is 2.61. The number of hydrogen-bond acceptors (Lipinski definition) is 14. The number of phosphoric ester groups is 2. The van der Waals surface area contributed by atoms with E-state index in [1.165, 1.54) is 6.92 Å².